The van der Waals surface area contributed by atoms with Gasteiger partial charge in [0.25, 0.3) is 0 Å². The molecule has 1 fully saturated rings. The summed E-state index contributed by atoms with van der Waals surface area (Å²) < 4.78 is 56.4. The van der Waals surface area contributed by atoms with Gasteiger partial charge in [0.05, 0.1) is 29.5 Å². The third-order valence-corrected chi connectivity index (χ3v) is 6.51. The molecule has 0 saturated carbocycles. The molecule has 0 amide bonds. The van der Waals surface area contributed by atoms with Crippen molar-refractivity contribution in [2.24, 2.45) is 0 Å². The van der Waals surface area contributed by atoms with E-state index in [0.29, 0.717) is 24.3 Å². The Kier molecular flexibility index (Phi) is 4.98. The Morgan fingerprint density at radius 2 is 2.09 bits per heavy atom. The first kappa shape index (κ1) is 17.0. The Morgan fingerprint density at radius 1 is 1.36 bits per heavy atom. The molecule has 7 nitrogen and oxygen atoms in total. The van der Waals surface area contributed by atoms with Crippen molar-refractivity contribution in [3.63, 3.8) is 0 Å². The largest absolute Gasteiger partial charge is 0.384 e. The van der Waals surface area contributed by atoms with E-state index in [4.69, 9.17) is 4.74 Å². The van der Waals surface area contributed by atoms with Gasteiger partial charge in [-0.2, -0.15) is 0 Å². The summed E-state index contributed by atoms with van der Waals surface area (Å²) in [4.78, 5) is 0. The highest BCUT2D eigenvalue weighted by molar-refractivity contribution is 7.93. The Labute approximate surface area is 131 Å². The van der Waals surface area contributed by atoms with Crippen LogP contribution in [-0.4, -0.2) is 48.6 Å². The molecule has 1 aliphatic heterocycles. The van der Waals surface area contributed by atoms with Crippen LogP contribution in [0.4, 0.5) is 11.4 Å². The zero-order valence-electron chi connectivity index (χ0n) is 12.6. The van der Waals surface area contributed by atoms with Crippen molar-refractivity contribution < 1.29 is 21.6 Å². The van der Waals surface area contributed by atoms with E-state index in [2.05, 4.69) is 4.72 Å². The SMILES string of the molecule is COCCS(=O)(=O)Nc1ccc(C)c(N2CCCS2(=O)=O)c1. The Morgan fingerprint density at radius 3 is 2.68 bits per heavy atom. The van der Waals surface area contributed by atoms with E-state index in [1.807, 2.05) is 0 Å². The first-order chi connectivity index (χ1) is 10.2. The average molecular weight is 348 g/mol. The highest BCUT2D eigenvalue weighted by Gasteiger charge is 2.29. The summed E-state index contributed by atoms with van der Waals surface area (Å²) in [6.45, 7) is 2.31. The second-order valence-corrected chi connectivity index (χ2v) is 9.01. The smallest absolute Gasteiger partial charge is 0.235 e. The summed E-state index contributed by atoms with van der Waals surface area (Å²) in [5.41, 5.74) is 1.65. The van der Waals surface area contributed by atoms with Crippen LogP contribution in [0.5, 0.6) is 0 Å². The van der Waals surface area contributed by atoms with Gasteiger partial charge < -0.3 is 4.74 Å². The number of ether oxygens (including phenoxy) is 1. The molecule has 1 aliphatic rings. The molecular formula is C13H20N2O5S2. The zero-order valence-corrected chi connectivity index (χ0v) is 14.2. The lowest BCUT2D eigenvalue weighted by atomic mass is 10.2. The molecule has 0 atom stereocenters. The van der Waals surface area contributed by atoms with Crippen LogP contribution < -0.4 is 9.03 Å². The van der Waals surface area contributed by atoms with Gasteiger partial charge in [-0.1, -0.05) is 6.07 Å². The second kappa shape index (κ2) is 6.43. The fourth-order valence-corrected chi connectivity index (χ4v) is 4.87. The van der Waals surface area contributed by atoms with E-state index < -0.39 is 20.0 Å². The molecule has 0 radical (unpaired) electrons. The molecule has 1 aromatic carbocycles. The van der Waals surface area contributed by atoms with E-state index in [-0.39, 0.29) is 18.1 Å². The monoisotopic (exact) mass is 348 g/mol. The van der Waals surface area contributed by atoms with Crippen LogP contribution in [0.2, 0.25) is 0 Å². The summed E-state index contributed by atoms with van der Waals surface area (Å²) >= 11 is 0. The molecular weight excluding hydrogens is 328 g/mol. The molecule has 124 valence electrons. The Balaban J connectivity index is 2.28. The van der Waals surface area contributed by atoms with Crippen molar-refractivity contribution in [2.45, 2.75) is 13.3 Å². The van der Waals surface area contributed by atoms with E-state index in [9.17, 15) is 16.8 Å². The molecule has 2 rings (SSSR count). The van der Waals surface area contributed by atoms with E-state index in [1.165, 1.54) is 11.4 Å². The van der Waals surface area contributed by atoms with Crippen LogP contribution in [0.25, 0.3) is 0 Å². The minimum Gasteiger partial charge on any atom is -0.384 e. The van der Waals surface area contributed by atoms with Crippen molar-refractivity contribution in [2.75, 3.05) is 40.8 Å². The number of nitrogens with one attached hydrogen (secondary N) is 1. The van der Waals surface area contributed by atoms with Gasteiger partial charge in [0, 0.05) is 13.7 Å². The molecule has 1 saturated heterocycles. The summed E-state index contributed by atoms with van der Waals surface area (Å²) in [5.74, 6) is -0.0367. The van der Waals surface area contributed by atoms with Crippen molar-refractivity contribution in [3.8, 4) is 0 Å². The topological polar surface area (TPSA) is 92.8 Å². The van der Waals surface area contributed by atoms with Crippen molar-refractivity contribution in [1.82, 2.24) is 0 Å². The van der Waals surface area contributed by atoms with E-state index in [1.54, 1.807) is 25.1 Å². The number of nitrogens with zero attached hydrogens (tertiary/aromatic N) is 1. The number of rotatable bonds is 6. The molecule has 0 aliphatic carbocycles. The molecule has 1 aromatic rings. The summed E-state index contributed by atoms with van der Waals surface area (Å²) in [6.07, 6.45) is 0.575. The van der Waals surface area contributed by atoms with Gasteiger partial charge in [0.1, 0.15) is 0 Å². The molecule has 0 spiro atoms. The Hall–Kier alpha value is -1.32. The van der Waals surface area contributed by atoms with Gasteiger partial charge >= 0.3 is 0 Å². The molecule has 9 heteroatoms. The lowest BCUT2D eigenvalue weighted by Gasteiger charge is -2.20. The lowest BCUT2D eigenvalue weighted by molar-refractivity contribution is 0.217. The second-order valence-electron chi connectivity index (χ2n) is 5.16. The minimum atomic E-state index is -3.52. The normalized spacial score (nSPS) is 17.6. The Bertz CT molecular complexity index is 744. The number of hydrogen-bond donors (Lipinski definition) is 1. The standard InChI is InChI=1S/C13H20N2O5S2/c1-11-4-5-12(14-21(16,17)9-7-20-2)10-13(11)15-6-3-8-22(15,18)19/h4-5,10,14H,3,6-9H2,1-2H3. The fourth-order valence-electron chi connectivity index (χ4n) is 2.28. The first-order valence-electron chi connectivity index (χ1n) is 6.86. The maximum Gasteiger partial charge on any atom is 0.235 e. The number of benzene rings is 1. The van der Waals surface area contributed by atoms with Crippen LogP contribution in [0.1, 0.15) is 12.0 Å². The van der Waals surface area contributed by atoms with Crippen LogP contribution in [0.15, 0.2) is 18.2 Å². The van der Waals surface area contributed by atoms with Crippen LogP contribution in [0.3, 0.4) is 0 Å². The van der Waals surface area contributed by atoms with Gasteiger partial charge in [-0.3, -0.25) is 9.03 Å². The lowest BCUT2D eigenvalue weighted by Crippen LogP contribution is -2.26. The molecule has 0 unspecified atom stereocenters. The van der Waals surface area contributed by atoms with Crippen LogP contribution in [0, 0.1) is 6.92 Å². The average Bonchev–Trinajstić information content (AvgIpc) is 2.78. The fraction of sp³-hybridized carbons (Fsp3) is 0.538. The van der Waals surface area contributed by atoms with Crippen molar-refractivity contribution >= 4 is 31.4 Å². The van der Waals surface area contributed by atoms with E-state index in [0.717, 1.165) is 5.56 Å². The third kappa shape index (κ3) is 3.90. The van der Waals surface area contributed by atoms with Crippen LogP contribution in [-0.2, 0) is 24.8 Å². The highest BCUT2D eigenvalue weighted by atomic mass is 32.2. The maximum atomic E-state index is 12.0. The third-order valence-electron chi connectivity index (χ3n) is 3.41. The number of hydrogen-bond acceptors (Lipinski definition) is 5. The van der Waals surface area contributed by atoms with Gasteiger partial charge in [-0.15, -0.1) is 0 Å². The van der Waals surface area contributed by atoms with Gasteiger partial charge in [-0.25, -0.2) is 16.8 Å². The molecule has 22 heavy (non-hydrogen) atoms. The molecule has 0 bridgehead atoms. The van der Waals surface area contributed by atoms with Crippen molar-refractivity contribution in [3.05, 3.63) is 23.8 Å². The summed E-state index contributed by atoms with van der Waals surface area (Å²) in [6, 6.07) is 4.88. The van der Waals surface area contributed by atoms with Gasteiger partial charge in [0.15, 0.2) is 0 Å². The summed E-state index contributed by atoms with van der Waals surface area (Å²) in [5, 5.41) is 0. The highest BCUT2D eigenvalue weighted by Crippen LogP contribution is 2.30. The predicted molar refractivity (Wildman–Crippen MR) is 86.2 cm³/mol. The first-order valence-corrected chi connectivity index (χ1v) is 10.1. The predicted octanol–water partition coefficient (Wildman–Crippen LogP) is 0.923. The minimum absolute atomic E-state index is 0.0918. The summed E-state index contributed by atoms with van der Waals surface area (Å²) in [7, 11) is -5.39. The van der Waals surface area contributed by atoms with Crippen LogP contribution >= 0.6 is 0 Å². The molecule has 1 N–H and O–H groups in total. The van der Waals surface area contributed by atoms with E-state index >= 15 is 0 Å². The van der Waals surface area contributed by atoms with Crippen molar-refractivity contribution in [1.29, 1.82) is 0 Å². The van der Waals surface area contributed by atoms with Gasteiger partial charge in [0.2, 0.25) is 20.0 Å². The van der Waals surface area contributed by atoms with Gasteiger partial charge in [-0.05, 0) is 31.0 Å². The quantitative estimate of drug-likeness (QED) is 0.825. The molecule has 0 aromatic heterocycles. The number of anilines is 2. The number of aryl methyl sites for hydroxylation is 1. The molecule has 1 heterocycles. The zero-order chi connectivity index (χ0) is 16.4. The number of sulfonamides is 2. The maximum absolute atomic E-state index is 12.0. The number of methoxy groups -OCH3 is 1.